The van der Waals surface area contributed by atoms with Crippen LogP contribution in [0.5, 0.6) is 0 Å². The molecule has 37 heavy (non-hydrogen) atoms. The molecule has 3 rings (SSSR count). The van der Waals surface area contributed by atoms with Crippen LogP contribution < -0.4 is 9.62 Å². The molecule has 1 N–H and O–H groups in total. The molecule has 0 heterocycles. The molecule has 202 valence electrons. The van der Waals surface area contributed by atoms with Gasteiger partial charge in [0, 0.05) is 30.6 Å². The first kappa shape index (κ1) is 29.3. The fourth-order valence-corrected chi connectivity index (χ4v) is 6.00. The molecular formula is C27H35Cl2N3O4S. The standard InChI is InChI=1S/C27H35Cl2N3O4S/c1-20(27(34)30-23-12-7-4-8-13-23)31(19-21-10-5-3-6-11-21)26(33)14-9-17-32(37(2,35)36)25-18-22(28)15-16-24(25)29/h3,5-6,10-11,15-16,18,20,23H,4,7-9,12-14,17,19H2,1-2H3,(H,30,34)/t20-/m1/s1. The number of anilines is 1. The molecule has 0 aromatic heterocycles. The van der Waals surface area contributed by atoms with E-state index in [4.69, 9.17) is 23.2 Å². The molecule has 1 aliphatic rings. The third-order valence-corrected chi connectivity index (χ3v) is 8.38. The van der Waals surface area contributed by atoms with Crippen molar-refractivity contribution in [1.82, 2.24) is 10.2 Å². The van der Waals surface area contributed by atoms with Gasteiger partial charge in [0.1, 0.15) is 6.04 Å². The van der Waals surface area contributed by atoms with Gasteiger partial charge < -0.3 is 10.2 Å². The zero-order valence-corrected chi connectivity index (χ0v) is 23.7. The summed E-state index contributed by atoms with van der Waals surface area (Å²) in [6.45, 7) is 2.08. The molecule has 0 saturated heterocycles. The van der Waals surface area contributed by atoms with Gasteiger partial charge in [-0.3, -0.25) is 13.9 Å². The van der Waals surface area contributed by atoms with Gasteiger partial charge in [-0.2, -0.15) is 0 Å². The Morgan fingerprint density at radius 1 is 1.05 bits per heavy atom. The summed E-state index contributed by atoms with van der Waals surface area (Å²) < 4.78 is 26.2. The van der Waals surface area contributed by atoms with Crippen LogP contribution in [0.2, 0.25) is 10.0 Å². The Morgan fingerprint density at radius 2 is 1.73 bits per heavy atom. The average molecular weight is 569 g/mol. The van der Waals surface area contributed by atoms with Crippen LogP contribution in [0.4, 0.5) is 5.69 Å². The van der Waals surface area contributed by atoms with Crippen molar-refractivity contribution < 1.29 is 18.0 Å². The molecule has 0 bridgehead atoms. The number of amides is 2. The van der Waals surface area contributed by atoms with E-state index in [-0.39, 0.29) is 54.5 Å². The Labute approximate surface area is 230 Å². The van der Waals surface area contributed by atoms with Gasteiger partial charge in [0.25, 0.3) is 0 Å². The van der Waals surface area contributed by atoms with E-state index in [2.05, 4.69) is 5.32 Å². The Kier molecular flexibility index (Phi) is 10.7. The molecule has 2 aromatic carbocycles. The highest BCUT2D eigenvalue weighted by Crippen LogP contribution is 2.31. The fraction of sp³-hybridized carbons (Fsp3) is 0.481. The second-order valence-electron chi connectivity index (χ2n) is 9.56. The molecule has 1 fully saturated rings. The third kappa shape index (κ3) is 8.62. The number of rotatable bonds is 11. The maximum absolute atomic E-state index is 13.4. The average Bonchev–Trinajstić information content (AvgIpc) is 2.86. The lowest BCUT2D eigenvalue weighted by Crippen LogP contribution is -2.50. The van der Waals surface area contributed by atoms with Crippen LogP contribution in [0.25, 0.3) is 0 Å². The van der Waals surface area contributed by atoms with Crippen molar-refractivity contribution >= 4 is 50.7 Å². The van der Waals surface area contributed by atoms with E-state index in [0.717, 1.165) is 41.8 Å². The van der Waals surface area contributed by atoms with Crippen molar-refractivity contribution in [3.8, 4) is 0 Å². The van der Waals surface area contributed by atoms with Gasteiger partial charge in [-0.05, 0) is 49.9 Å². The number of nitrogens with one attached hydrogen (secondary N) is 1. The predicted molar refractivity (Wildman–Crippen MR) is 149 cm³/mol. The molecular weight excluding hydrogens is 533 g/mol. The van der Waals surface area contributed by atoms with Crippen molar-refractivity contribution in [2.24, 2.45) is 0 Å². The minimum atomic E-state index is -3.67. The second-order valence-corrected chi connectivity index (χ2v) is 12.3. The van der Waals surface area contributed by atoms with Crippen molar-refractivity contribution in [3.05, 3.63) is 64.1 Å². The van der Waals surface area contributed by atoms with Gasteiger partial charge in [0.2, 0.25) is 21.8 Å². The minimum absolute atomic E-state index is 0.0481. The smallest absolute Gasteiger partial charge is 0.242 e. The lowest BCUT2D eigenvalue weighted by atomic mass is 9.95. The van der Waals surface area contributed by atoms with Crippen LogP contribution >= 0.6 is 23.2 Å². The zero-order chi connectivity index (χ0) is 27.0. The van der Waals surface area contributed by atoms with Crippen LogP contribution in [0.1, 0.15) is 57.4 Å². The Balaban J connectivity index is 1.71. The maximum atomic E-state index is 13.4. The van der Waals surface area contributed by atoms with Gasteiger partial charge >= 0.3 is 0 Å². The summed E-state index contributed by atoms with van der Waals surface area (Å²) in [5.41, 5.74) is 1.18. The number of carbonyl (C=O) groups is 2. The molecule has 0 spiro atoms. The first-order chi connectivity index (χ1) is 17.6. The monoisotopic (exact) mass is 567 g/mol. The summed E-state index contributed by atoms with van der Waals surface area (Å²) >= 11 is 12.3. The van der Waals surface area contributed by atoms with Gasteiger partial charge in [-0.25, -0.2) is 8.42 Å². The zero-order valence-electron chi connectivity index (χ0n) is 21.3. The topological polar surface area (TPSA) is 86.8 Å². The van der Waals surface area contributed by atoms with Gasteiger partial charge in [0.15, 0.2) is 0 Å². The lowest BCUT2D eigenvalue weighted by molar-refractivity contribution is -0.141. The van der Waals surface area contributed by atoms with Crippen molar-refractivity contribution in [2.75, 3.05) is 17.1 Å². The fourth-order valence-electron chi connectivity index (χ4n) is 4.59. The number of halogens is 2. The Bertz CT molecular complexity index is 1170. The van der Waals surface area contributed by atoms with Gasteiger partial charge in [0.05, 0.1) is 17.0 Å². The number of carbonyl (C=O) groups excluding carboxylic acids is 2. The molecule has 0 unspecified atom stereocenters. The van der Waals surface area contributed by atoms with Gasteiger partial charge in [-0.15, -0.1) is 0 Å². The van der Waals surface area contributed by atoms with E-state index in [9.17, 15) is 18.0 Å². The highest BCUT2D eigenvalue weighted by atomic mass is 35.5. The SMILES string of the molecule is C[C@H](C(=O)NC1CCCCC1)N(Cc1ccccc1)C(=O)CCCN(c1cc(Cl)ccc1Cl)S(C)(=O)=O. The molecule has 7 nitrogen and oxygen atoms in total. The van der Waals surface area contributed by atoms with E-state index in [0.29, 0.717) is 5.02 Å². The summed E-state index contributed by atoms with van der Waals surface area (Å²) in [5, 5.41) is 3.73. The van der Waals surface area contributed by atoms with Crippen LogP contribution in [-0.4, -0.2) is 50.0 Å². The number of nitrogens with zero attached hydrogens (tertiary/aromatic N) is 2. The minimum Gasteiger partial charge on any atom is -0.352 e. The van der Waals surface area contributed by atoms with E-state index in [1.54, 1.807) is 17.9 Å². The Hall–Kier alpha value is -2.29. The normalized spacial score (nSPS) is 15.1. The second kappa shape index (κ2) is 13.5. The third-order valence-electron chi connectivity index (χ3n) is 6.64. The molecule has 1 aliphatic carbocycles. The van der Waals surface area contributed by atoms with E-state index >= 15 is 0 Å². The molecule has 0 radical (unpaired) electrons. The molecule has 2 amide bonds. The number of hydrogen-bond acceptors (Lipinski definition) is 4. The van der Waals surface area contributed by atoms with Gasteiger partial charge in [-0.1, -0.05) is 72.8 Å². The maximum Gasteiger partial charge on any atom is 0.242 e. The molecule has 10 heteroatoms. The van der Waals surface area contributed by atoms with E-state index in [1.807, 2.05) is 30.3 Å². The first-order valence-corrected chi connectivity index (χ1v) is 15.2. The van der Waals surface area contributed by atoms with Crippen molar-refractivity contribution in [2.45, 2.75) is 70.5 Å². The largest absolute Gasteiger partial charge is 0.352 e. The highest BCUT2D eigenvalue weighted by molar-refractivity contribution is 7.92. The summed E-state index contributed by atoms with van der Waals surface area (Å²) in [6, 6.07) is 13.6. The quantitative estimate of drug-likeness (QED) is 0.393. The first-order valence-electron chi connectivity index (χ1n) is 12.6. The summed E-state index contributed by atoms with van der Waals surface area (Å²) in [7, 11) is -3.67. The van der Waals surface area contributed by atoms with E-state index in [1.165, 1.54) is 18.6 Å². The summed E-state index contributed by atoms with van der Waals surface area (Å²) in [6.07, 6.45) is 6.70. The molecule has 1 saturated carbocycles. The summed E-state index contributed by atoms with van der Waals surface area (Å²) in [5.74, 6) is -0.388. The van der Waals surface area contributed by atoms with Crippen LogP contribution in [0.15, 0.2) is 48.5 Å². The van der Waals surface area contributed by atoms with Crippen molar-refractivity contribution in [1.29, 1.82) is 0 Å². The number of hydrogen-bond donors (Lipinski definition) is 1. The molecule has 0 aliphatic heterocycles. The molecule has 2 aromatic rings. The summed E-state index contributed by atoms with van der Waals surface area (Å²) in [4.78, 5) is 28.1. The highest BCUT2D eigenvalue weighted by Gasteiger charge is 2.28. The van der Waals surface area contributed by atoms with Crippen LogP contribution in [0, 0.1) is 0 Å². The van der Waals surface area contributed by atoms with E-state index < -0.39 is 16.1 Å². The number of sulfonamides is 1. The molecule has 1 atom stereocenters. The van der Waals surface area contributed by atoms with Crippen LogP contribution in [-0.2, 0) is 26.2 Å². The number of benzene rings is 2. The lowest BCUT2D eigenvalue weighted by Gasteiger charge is -2.31. The van der Waals surface area contributed by atoms with Crippen LogP contribution in [0.3, 0.4) is 0 Å². The Morgan fingerprint density at radius 3 is 2.38 bits per heavy atom. The van der Waals surface area contributed by atoms with Crippen molar-refractivity contribution in [3.63, 3.8) is 0 Å². The predicted octanol–water partition coefficient (Wildman–Crippen LogP) is 5.41.